The van der Waals surface area contributed by atoms with Gasteiger partial charge in [-0.1, -0.05) is 13.0 Å². The molecule has 1 amide bonds. The average molecular weight is 478 g/mol. The van der Waals surface area contributed by atoms with E-state index >= 15 is 0 Å². The van der Waals surface area contributed by atoms with Gasteiger partial charge in [0.2, 0.25) is 0 Å². The van der Waals surface area contributed by atoms with Gasteiger partial charge in [-0.25, -0.2) is 13.8 Å². The largest absolute Gasteiger partial charge is 0.390 e. The smallest absolute Gasteiger partial charge is 0.251 e. The van der Waals surface area contributed by atoms with Crippen LogP contribution in [0.15, 0.2) is 30.3 Å². The first kappa shape index (κ1) is 24.7. The summed E-state index contributed by atoms with van der Waals surface area (Å²) in [5, 5.41) is 32.9. The number of thiophene rings is 1. The van der Waals surface area contributed by atoms with E-state index in [1.54, 1.807) is 32.9 Å². The number of aliphatic hydroxyl groups excluding tert-OH is 2. The Kier molecular flexibility index (Phi) is 7.13. The number of pyridine rings is 1. The number of rotatable bonds is 8. The molecule has 0 bridgehead atoms. The molecule has 0 saturated heterocycles. The summed E-state index contributed by atoms with van der Waals surface area (Å²) in [5.74, 6) is -2.33. The first-order valence-electron chi connectivity index (χ1n) is 10.2. The second-order valence-electron chi connectivity index (χ2n) is 8.03. The van der Waals surface area contributed by atoms with E-state index < -0.39 is 35.9 Å². The third-order valence-electron chi connectivity index (χ3n) is 5.10. The van der Waals surface area contributed by atoms with E-state index in [-0.39, 0.29) is 38.1 Å². The van der Waals surface area contributed by atoms with Crippen molar-refractivity contribution in [1.82, 2.24) is 4.98 Å². The van der Waals surface area contributed by atoms with E-state index in [1.807, 2.05) is 0 Å². The Morgan fingerprint density at radius 1 is 1.24 bits per heavy atom. The fourth-order valence-electron chi connectivity index (χ4n) is 3.41. The number of carbonyl (C=O) groups excluding carboxylic acids is 1. The highest BCUT2D eigenvalue weighted by Crippen LogP contribution is 2.40. The lowest BCUT2D eigenvalue weighted by Gasteiger charge is -2.21. The number of benzene rings is 1. The second-order valence-corrected chi connectivity index (χ2v) is 9.09. The number of aromatic nitrogens is 1. The van der Waals surface area contributed by atoms with Crippen LogP contribution in [0.5, 0.6) is 0 Å². The molecule has 1 unspecified atom stereocenters. The summed E-state index contributed by atoms with van der Waals surface area (Å²) in [7, 11) is 0. The summed E-state index contributed by atoms with van der Waals surface area (Å²) in [4.78, 5) is 16.4. The maximum absolute atomic E-state index is 14.8. The molecule has 3 rings (SSSR count). The Hall–Kier alpha value is -2.92. The number of aliphatic hydroxyl groups is 3. The van der Waals surface area contributed by atoms with Crippen LogP contribution in [0.3, 0.4) is 0 Å². The molecule has 0 radical (unpaired) electrons. The monoisotopic (exact) mass is 477 g/mol. The molecule has 33 heavy (non-hydrogen) atoms. The number of nitrogens with zero attached hydrogens (tertiary/aromatic N) is 1. The highest BCUT2D eigenvalue weighted by atomic mass is 32.1. The van der Waals surface area contributed by atoms with Crippen molar-refractivity contribution in [3.05, 3.63) is 64.4 Å². The fraction of sp³-hybridized carbons (Fsp3) is 0.304. The second kappa shape index (κ2) is 9.52. The summed E-state index contributed by atoms with van der Waals surface area (Å²) in [5.41, 5.74) is 4.67. The van der Waals surface area contributed by atoms with Crippen LogP contribution in [0.4, 0.5) is 19.6 Å². The van der Waals surface area contributed by atoms with Crippen LogP contribution in [0.2, 0.25) is 0 Å². The number of amides is 1. The number of hydrogen-bond donors (Lipinski definition) is 5. The molecule has 10 heteroatoms. The van der Waals surface area contributed by atoms with Gasteiger partial charge < -0.3 is 26.4 Å². The van der Waals surface area contributed by atoms with Crippen LogP contribution in [-0.4, -0.2) is 26.2 Å². The molecule has 1 atom stereocenters. The Labute approximate surface area is 193 Å². The number of nitrogens with two attached hydrogens (primary N) is 1. The van der Waals surface area contributed by atoms with E-state index in [4.69, 9.17) is 5.73 Å². The van der Waals surface area contributed by atoms with Crippen molar-refractivity contribution in [3.8, 4) is 10.4 Å². The zero-order valence-corrected chi connectivity index (χ0v) is 19.1. The number of anilines is 2. The Balaban J connectivity index is 2.04. The maximum Gasteiger partial charge on any atom is 0.251 e. The summed E-state index contributed by atoms with van der Waals surface area (Å²) in [6.07, 6.45) is -0.699. The van der Waals surface area contributed by atoms with Gasteiger partial charge in [-0.15, -0.1) is 11.3 Å². The van der Waals surface area contributed by atoms with Crippen LogP contribution in [-0.2, 0) is 12.2 Å². The minimum atomic E-state index is -1.23. The lowest BCUT2D eigenvalue weighted by molar-refractivity contribution is 0.0753. The molecule has 0 saturated carbocycles. The molecule has 1 aromatic carbocycles. The molecule has 2 aromatic heterocycles. The highest BCUT2D eigenvalue weighted by molar-refractivity contribution is 7.20. The van der Waals surface area contributed by atoms with Crippen molar-refractivity contribution < 1.29 is 28.9 Å². The zero-order chi connectivity index (χ0) is 24.5. The summed E-state index contributed by atoms with van der Waals surface area (Å²) in [6.45, 7) is 4.37. The highest BCUT2D eigenvalue weighted by Gasteiger charge is 2.24. The standard InChI is InChI=1S/C23H25F2N3O4S/c1-4-17(30)11-7-14(24)20(15(25)8-11)18-9-12(21(26)31)22(33-18)28-19-6-5-13(23(2,3)32)16(10-29)27-19/h5-9,17,29-30,32H,4,10H2,1-3H3,(H2,26,31)(H,27,28). The van der Waals surface area contributed by atoms with Gasteiger partial charge in [0.1, 0.15) is 22.5 Å². The molecule has 2 heterocycles. The molecule has 3 aromatic rings. The summed E-state index contributed by atoms with van der Waals surface area (Å²) < 4.78 is 29.5. The van der Waals surface area contributed by atoms with Crippen LogP contribution >= 0.6 is 11.3 Å². The summed E-state index contributed by atoms with van der Waals surface area (Å²) >= 11 is 0.901. The Bertz CT molecular complexity index is 1170. The van der Waals surface area contributed by atoms with Crippen LogP contribution in [0.1, 0.15) is 60.5 Å². The summed E-state index contributed by atoms with van der Waals surface area (Å²) in [6, 6.07) is 6.53. The van der Waals surface area contributed by atoms with Gasteiger partial charge in [0.15, 0.2) is 0 Å². The number of carbonyl (C=O) groups is 1. The number of hydrogen-bond acceptors (Lipinski definition) is 7. The van der Waals surface area contributed by atoms with Gasteiger partial charge in [-0.05, 0) is 50.1 Å². The van der Waals surface area contributed by atoms with Crippen molar-refractivity contribution in [1.29, 1.82) is 0 Å². The van der Waals surface area contributed by atoms with Crippen LogP contribution < -0.4 is 11.1 Å². The molecule has 0 aliphatic carbocycles. The molecule has 0 spiro atoms. The number of halogens is 2. The third-order valence-corrected chi connectivity index (χ3v) is 6.17. The van der Waals surface area contributed by atoms with Gasteiger partial charge in [0.05, 0.1) is 35.1 Å². The molecule has 7 nitrogen and oxygen atoms in total. The predicted molar refractivity (Wildman–Crippen MR) is 122 cm³/mol. The molecule has 6 N–H and O–H groups in total. The molecule has 0 aliphatic rings. The minimum Gasteiger partial charge on any atom is -0.390 e. The number of primary amides is 1. The molecule has 0 aliphatic heterocycles. The van der Waals surface area contributed by atoms with Gasteiger partial charge in [-0.2, -0.15) is 0 Å². The van der Waals surface area contributed by atoms with Gasteiger partial charge >= 0.3 is 0 Å². The Morgan fingerprint density at radius 3 is 2.39 bits per heavy atom. The van der Waals surface area contributed by atoms with Gasteiger partial charge in [0, 0.05) is 10.4 Å². The minimum absolute atomic E-state index is 0.00498. The van der Waals surface area contributed by atoms with Crippen molar-refractivity contribution in [3.63, 3.8) is 0 Å². The zero-order valence-electron chi connectivity index (χ0n) is 18.3. The van der Waals surface area contributed by atoms with Crippen molar-refractivity contribution in [2.75, 3.05) is 5.32 Å². The lowest BCUT2D eigenvalue weighted by Crippen LogP contribution is -2.19. The third kappa shape index (κ3) is 5.19. The average Bonchev–Trinajstić information content (AvgIpc) is 3.15. The van der Waals surface area contributed by atoms with E-state index in [0.717, 1.165) is 23.5 Å². The van der Waals surface area contributed by atoms with Crippen LogP contribution in [0, 0.1) is 11.6 Å². The predicted octanol–water partition coefficient (Wildman–Crippen LogP) is 4.09. The quantitative estimate of drug-likeness (QED) is 0.332. The van der Waals surface area contributed by atoms with E-state index in [0.29, 0.717) is 12.0 Å². The maximum atomic E-state index is 14.8. The van der Waals surface area contributed by atoms with Crippen LogP contribution in [0.25, 0.3) is 10.4 Å². The SMILES string of the molecule is CCC(O)c1cc(F)c(-c2cc(C(N)=O)c(Nc3ccc(C(C)(C)O)c(CO)n3)s2)c(F)c1. The van der Waals surface area contributed by atoms with Crippen molar-refractivity contribution in [2.24, 2.45) is 5.73 Å². The molecular formula is C23H25F2N3O4S. The lowest BCUT2D eigenvalue weighted by atomic mass is 9.97. The van der Waals surface area contributed by atoms with Gasteiger partial charge in [0.25, 0.3) is 5.91 Å². The van der Waals surface area contributed by atoms with E-state index in [1.165, 1.54) is 6.07 Å². The topological polar surface area (TPSA) is 129 Å². The molecule has 0 fully saturated rings. The number of nitrogens with one attached hydrogen (secondary N) is 1. The van der Waals surface area contributed by atoms with Crippen molar-refractivity contribution in [2.45, 2.75) is 45.5 Å². The van der Waals surface area contributed by atoms with E-state index in [2.05, 4.69) is 10.3 Å². The normalized spacial score (nSPS) is 12.6. The molecule has 176 valence electrons. The first-order chi connectivity index (χ1) is 15.5. The van der Waals surface area contributed by atoms with E-state index in [9.17, 15) is 28.9 Å². The first-order valence-corrected chi connectivity index (χ1v) is 11.0. The van der Waals surface area contributed by atoms with Crippen molar-refractivity contribution >= 4 is 28.1 Å². The fourth-order valence-corrected chi connectivity index (χ4v) is 4.53. The Morgan fingerprint density at radius 2 is 1.88 bits per heavy atom. The molecular weight excluding hydrogens is 452 g/mol. The van der Waals surface area contributed by atoms with Gasteiger partial charge in [-0.3, -0.25) is 4.79 Å².